The number of hydrogen-bond acceptors (Lipinski definition) is 5. The van der Waals surface area contributed by atoms with Crippen LogP contribution < -0.4 is 14.4 Å². The normalized spacial score (nSPS) is 15.7. The number of thioether (sulfide) groups is 1. The second-order valence-electron chi connectivity index (χ2n) is 6.05. The van der Waals surface area contributed by atoms with Gasteiger partial charge in [0.25, 0.3) is 11.1 Å². The van der Waals surface area contributed by atoms with Crippen LogP contribution in [-0.4, -0.2) is 24.4 Å². The van der Waals surface area contributed by atoms with Gasteiger partial charge in [0.2, 0.25) is 0 Å². The number of nitrogens with zero attached hydrogens (tertiary/aromatic N) is 1. The third-order valence-corrected chi connectivity index (χ3v) is 5.38. The number of ether oxygens (including phenoxy) is 2. The van der Waals surface area contributed by atoms with Gasteiger partial charge in [0, 0.05) is 0 Å². The van der Waals surface area contributed by atoms with E-state index in [1.165, 1.54) is 4.90 Å². The Balaban J connectivity index is 1.94. The van der Waals surface area contributed by atoms with Crippen molar-refractivity contribution in [2.75, 3.05) is 12.0 Å². The van der Waals surface area contributed by atoms with Crippen LogP contribution in [0, 0.1) is 3.57 Å². The summed E-state index contributed by atoms with van der Waals surface area (Å²) in [5, 5.41) is -0.307. The quantitative estimate of drug-likeness (QED) is 0.415. The average Bonchev–Trinajstić information content (AvgIpc) is 2.91. The number of hydrogen-bond donors (Lipinski definition) is 0. The fourth-order valence-electron chi connectivity index (χ4n) is 2.59. The highest BCUT2D eigenvalue weighted by molar-refractivity contribution is 14.1. The third-order valence-electron chi connectivity index (χ3n) is 3.71. The molecule has 2 aromatic rings. The number of methoxy groups -OCH3 is 1. The highest BCUT2D eigenvalue weighted by Crippen LogP contribution is 2.38. The van der Waals surface area contributed by atoms with Crippen molar-refractivity contribution in [2.24, 2.45) is 0 Å². The van der Waals surface area contributed by atoms with Gasteiger partial charge in [-0.05, 0) is 84.1 Å². The Morgan fingerprint density at radius 2 is 1.85 bits per heavy atom. The van der Waals surface area contributed by atoms with Crippen molar-refractivity contribution >= 4 is 57.3 Å². The molecular weight excluding hydrogens is 477 g/mol. The van der Waals surface area contributed by atoms with Crippen LogP contribution in [-0.2, 0) is 4.79 Å². The van der Waals surface area contributed by atoms with E-state index in [1.807, 2.05) is 26.0 Å². The molecule has 0 aromatic heterocycles. The average molecular weight is 495 g/mol. The number of rotatable bonds is 5. The van der Waals surface area contributed by atoms with Gasteiger partial charge in [-0.15, -0.1) is 0 Å². The second-order valence-corrected chi connectivity index (χ2v) is 8.21. The molecule has 27 heavy (non-hydrogen) atoms. The molecule has 7 heteroatoms. The molecule has 5 nitrogen and oxygen atoms in total. The lowest BCUT2D eigenvalue weighted by Crippen LogP contribution is -2.27. The molecule has 3 rings (SSSR count). The smallest absolute Gasteiger partial charge is 0.298 e. The number of carbonyl (C=O) groups is 2. The number of anilines is 1. The molecule has 140 valence electrons. The zero-order valence-corrected chi connectivity index (χ0v) is 18.0. The lowest BCUT2D eigenvalue weighted by molar-refractivity contribution is -0.113. The molecule has 0 unspecified atom stereocenters. The molecule has 0 bridgehead atoms. The number of carbonyl (C=O) groups excluding carboxylic acids is 2. The highest BCUT2D eigenvalue weighted by Gasteiger charge is 2.36. The van der Waals surface area contributed by atoms with Crippen LogP contribution >= 0.6 is 34.4 Å². The van der Waals surface area contributed by atoms with Gasteiger partial charge >= 0.3 is 0 Å². The van der Waals surface area contributed by atoms with Crippen LogP contribution in [0.3, 0.4) is 0 Å². The van der Waals surface area contributed by atoms with E-state index >= 15 is 0 Å². The molecule has 1 aliphatic heterocycles. The topological polar surface area (TPSA) is 55.8 Å². The van der Waals surface area contributed by atoms with Gasteiger partial charge < -0.3 is 9.47 Å². The Hall–Kier alpha value is -2.00. The Morgan fingerprint density at radius 1 is 1.15 bits per heavy atom. The summed E-state index contributed by atoms with van der Waals surface area (Å²) < 4.78 is 12.1. The zero-order valence-electron chi connectivity index (χ0n) is 15.1. The lowest BCUT2D eigenvalue weighted by atomic mass is 10.1. The van der Waals surface area contributed by atoms with Crippen LogP contribution in [0.4, 0.5) is 10.5 Å². The number of halogens is 1. The zero-order chi connectivity index (χ0) is 19.6. The van der Waals surface area contributed by atoms with Gasteiger partial charge in [-0.1, -0.05) is 18.2 Å². The van der Waals surface area contributed by atoms with Crippen LogP contribution in [0.2, 0.25) is 0 Å². The molecule has 2 amide bonds. The summed E-state index contributed by atoms with van der Waals surface area (Å²) in [7, 11) is 1.58. The summed E-state index contributed by atoms with van der Waals surface area (Å²) in [6.45, 7) is 3.89. The van der Waals surface area contributed by atoms with Crippen molar-refractivity contribution in [2.45, 2.75) is 20.0 Å². The maximum atomic E-state index is 12.7. The number of para-hydroxylation sites is 1. The molecule has 0 atom stereocenters. The van der Waals surface area contributed by atoms with Crippen LogP contribution in [0.15, 0.2) is 47.4 Å². The molecule has 1 heterocycles. The monoisotopic (exact) mass is 495 g/mol. The standard InChI is InChI=1S/C20H18INO4S/c1-12(2)26-18-15(21)9-13(10-16(18)25-3)11-17-19(23)22(20(24)27-17)14-7-5-4-6-8-14/h4-12H,1-3H3/b17-11+. The maximum Gasteiger partial charge on any atom is 0.298 e. The fraction of sp³-hybridized carbons (Fsp3) is 0.200. The summed E-state index contributed by atoms with van der Waals surface area (Å²) in [4.78, 5) is 26.6. The molecule has 1 fully saturated rings. The Labute approximate surface area is 175 Å². The van der Waals surface area contributed by atoms with Crippen LogP contribution in [0.1, 0.15) is 19.4 Å². The Morgan fingerprint density at radius 3 is 2.48 bits per heavy atom. The lowest BCUT2D eigenvalue weighted by Gasteiger charge is -2.16. The minimum atomic E-state index is -0.326. The van der Waals surface area contributed by atoms with E-state index in [9.17, 15) is 9.59 Å². The summed E-state index contributed by atoms with van der Waals surface area (Å²) in [6, 6.07) is 12.6. The first-order chi connectivity index (χ1) is 12.9. The van der Waals surface area contributed by atoms with E-state index in [4.69, 9.17) is 9.47 Å². The van der Waals surface area contributed by atoms with E-state index in [0.29, 0.717) is 22.1 Å². The fourth-order valence-corrected chi connectivity index (χ4v) is 4.19. The summed E-state index contributed by atoms with van der Waals surface area (Å²) in [6.07, 6.45) is 1.72. The van der Waals surface area contributed by atoms with Crippen molar-refractivity contribution in [1.82, 2.24) is 0 Å². The van der Waals surface area contributed by atoms with Crippen molar-refractivity contribution < 1.29 is 19.1 Å². The predicted octanol–water partition coefficient (Wildman–Crippen LogP) is 5.33. The first-order valence-electron chi connectivity index (χ1n) is 8.28. The molecular formula is C20H18INO4S. The highest BCUT2D eigenvalue weighted by atomic mass is 127. The van der Waals surface area contributed by atoms with E-state index in [-0.39, 0.29) is 17.3 Å². The summed E-state index contributed by atoms with van der Waals surface area (Å²) in [5.74, 6) is 0.930. The first kappa shape index (κ1) is 19.8. The molecule has 0 aliphatic carbocycles. The van der Waals surface area contributed by atoms with Gasteiger partial charge in [0.15, 0.2) is 11.5 Å². The van der Waals surface area contributed by atoms with Gasteiger partial charge in [0.1, 0.15) is 0 Å². The molecule has 1 aliphatic rings. The van der Waals surface area contributed by atoms with E-state index in [2.05, 4.69) is 22.6 Å². The molecule has 1 saturated heterocycles. The van der Waals surface area contributed by atoms with Crippen molar-refractivity contribution in [3.63, 3.8) is 0 Å². The predicted molar refractivity (Wildman–Crippen MR) is 116 cm³/mol. The Bertz CT molecular complexity index is 912. The molecule has 2 aromatic carbocycles. The third kappa shape index (κ3) is 4.30. The van der Waals surface area contributed by atoms with E-state index in [1.54, 1.807) is 43.5 Å². The van der Waals surface area contributed by atoms with Crippen molar-refractivity contribution in [3.05, 3.63) is 56.5 Å². The number of benzene rings is 2. The number of imide groups is 1. The van der Waals surface area contributed by atoms with E-state index < -0.39 is 0 Å². The molecule has 0 spiro atoms. The molecule has 0 N–H and O–H groups in total. The largest absolute Gasteiger partial charge is 0.493 e. The van der Waals surface area contributed by atoms with Gasteiger partial charge in [-0.25, -0.2) is 4.90 Å². The summed E-state index contributed by atoms with van der Waals surface area (Å²) >= 11 is 3.10. The van der Waals surface area contributed by atoms with Gasteiger partial charge in [-0.3, -0.25) is 9.59 Å². The second kappa shape index (κ2) is 8.35. The van der Waals surface area contributed by atoms with Crippen molar-refractivity contribution in [1.29, 1.82) is 0 Å². The van der Waals surface area contributed by atoms with Gasteiger partial charge in [0.05, 0.1) is 27.4 Å². The maximum absolute atomic E-state index is 12.7. The number of amides is 2. The minimum Gasteiger partial charge on any atom is -0.493 e. The Kier molecular flexibility index (Phi) is 6.11. The SMILES string of the molecule is COc1cc(/C=C2/SC(=O)N(c3ccccc3)C2=O)cc(I)c1OC(C)C. The van der Waals surface area contributed by atoms with Crippen molar-refractivity contribution in [3.8, 4) is 11.5 Å². The van der Waals surface area contributed by atoms with Crippen LogP contribution in [0.5, 0.6) is 11.5 Å². The van der Waals surface area contributed by atoms with Gasteiger partial charge in [-0.2, -0.15) is 0 Å². The minimum absolute atomic E-state index is 0.0145. The van der Waals surface area contributed by atoms with Crippen LogP contribution in [0.25, 0.3) is 6.08 Å². The molecule has 0 saturated carbocycles. The first-order valence-corrected chi connectivity index (χ1v) is 10.2. The van der Waals surface area contributed by atoms with E-state index in [0.717, 1.165) is 20.9 Å². The molecule has 0 radical (unpaired) electrons. The summed E-state index contributed by atoms with van der Waals surface area (Å²) in [5.41, 5.74) is 1.34.